The second kappa shape index (κ2) is 13.0. The highest BCUT2D eigenvalue weighted by atomic mass is 16.7. The molecule has 9 unspecified atom stereocenters. The number of ether oxygens (including phenoxy) is 4. The summed E-state index contributed by atoms with van der Waals surface area (Å²) in [7, 11) is 1.40. The Morgan fingerprint density at radius 2 is 1.90 bits per heavy atom. The number of carbonyl (C=O) groups is 1. The third kappa shape index (κ3) is 7.22. The van der Waals surface area contributed by atoms with Gasteiger partial charge < -0.3 is 49.6 Å². The molecule has 0 amide bonds. The highest BCUT2D eigenvalue weighted by Gasteiger charge is 2.53. The molecule has 1 aromatic carbocycles. The van der Waals surface area contributed by atoms with Gasteiger partial charge in [0.05, 0.1) is 24.9 Å². The number of phenolic OH excluding ortho intramolecular Hbond substituents is 1. The number of aliphatic hydroxyl groups excluding tert-OH is 4. The Kier molecular flexibility index (Phi) is 10.4. The lowest BCUT2D eigenvalue weighted by molar-refractivity contribution is -0.319. The van der Waals surface area contributed by atoms with Crippen LogP contribution in [-0.4, -0.2) is 98.8 Å². The Morgan fingerprint density at radius 1 is 1.20 bits per heavy atom. The average molecular weight is 567 g/mol. The minimum Gasteiger partial charge on any atom is -0.504 e. The van der Waals surface area contributed by atoms with Crippen LogP contribution in [0.5, 0.6) is 11.5 Å². The Hall–Kier alpha value is -2.51. The minimum atomic E-state index is -1.61. The first kappa shape index (κ1) is 32.0. The van der Waals surface area contributed by atoms with Crippen molar-refractivity contribution in [3.63, 3.8) is 0 Å². The molecule has 2 aliphatic rings. The molecule has 11 heteroatoms. The van der Waals surface area contributed by atoms with Crippen molar-refractivity contribution in [3.8, 4) is 11.5 Å². The Morgan fingerprint density at radius 3 is 2.52 bits per heavy atom. The summed E-state index contributed by atoms with van der Waals surface area (Å²) < 4.78 is 22.0. The second-order valence-electron chi connectivity index (χ2n) is 11.3. The molecular formula is C29H42O11. The molecule has 0 spiro atoms. The van der Waals surface area contributed by atoms with E-state index in [9.17, 15) is 35.4 Å². The summed E-state index contributed by atoms with van der Waals surface area (Å²) in [4.78, 5) is 12.3. The highest BCUT2D eigenvalue weighted by molar-refractivity contribution is 5.87. The maximum Gasteiger partial charge on any atom is 0.330 e. The molecule has 1 aliphatic carbocycles. The van der Waals surface area contributed by atoms with Crippen LogP contribution in [0.1, 0.15) is 46.1 Å². The maximum atomic E-state index is 12.3. The molecular weight excluding hydrogens is 524 g/mol. The number of hydrogen-bond donors (Lipinski definition) is 6. The van der Waals surface area contributed by atoms with Gasteiger partial charge in [-0.05, 0) is 54.9 Å². The fraction of sp³-hybridized carbons (Fsp3) is 0.621. The van der Waals surface area contributed by atoms with Gasteiger partial charge in [0.2, 0.25) is 0 Å². The van der Waals surface area contributed by atoms with Crippen LogP contribution in [0.2, 0.25) is 0 Å². The summed E-state index contributed by atoms with van der Waals surface area (Å²) in [5, 5.41) is 62.2. The van der Waals surface area contributed by atoms with Gasteiger partial charge in [0.15, 0.2) is 17.8 Å². The van der Waals surface area contributed by atoms with Gasteiger partial charge in [-0.3, -0.25) is 0 Å². The van der Waals surface area contributed by atoms with Gasteiger partial charge in [-0.25, -0.2) is 4.79 Å². The quantitative estimate of drug-likeness (QED) is 0.144. The highest BCUT2D eigenvalue weighted by Crippen LogP contribution is 2.49. The molecule has 1 saturated carbocycles. The molecule has 3 rings (SSSR count). The number of rotatable bonds is 9. The molecule has 40 heavy (non-hydrogen) atoms. The molecule has 0 aromatic heterocycles. The molecule has 11 nitrogen and oxygen atoms in total. The van der Waals surface area contributed by atoms with E-state index in [1.807, 2.05) is 20.8 Å². The summed E-state index contributed by atoms with van der Waals surface area (Å²) in [6.45, 7) is 6.82. The van der Waals surface area contributed by atoms with Crippen LogP contribution in [-0.2, 0) is 19.0 Å². The van der Waals surface area contributed by atoms with E-state index >= 15 is 0 Å². The Balaban J connectivity index is 1.62. The van der Waals surface area contributed by atoms with Crippen LogP contribution in [0.3, 0.4) is 0 Å². The van der Waals surface area contributed by atoms with Gasteiger partial charge in [0.25, 0.3) is 0 Å². The number of hydrogen-bond acceptors (Lipinski definition) is 11. The fourth-order valence-corrected chi connectivity index (χ4v) is 5.37. The molecule has 9 atom stereocenters. The molecule has 1 heterocycles. The summed E-state index contributed by atoms with van der Waals surface area (Å²) >= 11 is 0. The first-order valence-electron chi connectivity index (χ1n) is 13.3. The van der Waals surface area contributed by atoms with Crippen molar-refractivity contribution in [1.29, 1.82) is 0 Å². The van der Waals surface area contributed by atoms with Crippen molar-refractivity contribution in [2.75, 3.05) is 13.7 Å². The van der Waals surface area contributed by atoms with Gasteiger partial charge >= 0.3 is 5.97 Å². The largest absolute Gasteiger partial charge is 0.504 e. The SMILES string of the molecule is COc1cc(C=CC(=O)OCC2OC(OC3CC(C)C(O)(C=CC(C)O)C(C)(C)C3)C(O)C(O)C2O)ccc1O. The zero-order valence-electron chi connectivity index (χ0n) is 23.5. The monoisotopic (exact) mass is 566 g/mol. The molecule has 2 fully saturated rings. The van der Waals surface area contributed by atoms with Crippen molar-refractivity contribution < 1.29 is 54.4 Å². The van der Waals surface area contributed by atoms with E-state index in [0.717, 1.165) is 6.08 Å². The van der Waals surface area contributed by atoms with Crippen molar-refractivity contribution in [3.05, 3.63) is 42.0 Å². The summed E-state index contributed by atoms with van der Waals surface area (Å²) in [6, 6.07) is 4.53. The smallest absolute Gasteiger partial charge is 0.330 e. The van der Waals surface area contributed by atoms with Crippen LogP contribution < -0.4 is 4.74 Å². The van der Waals surface area contributed by atoms with Crippen LogP contribution in [0, 0.1) is 11.3 Å². The molecule has 0 bridgehead atoms. The third-order valence-electron chi connectivity index (χ3n) is 7.82. The zero-order chi connectivity index (χ0) is 29.8. The van der Waals surface area contributed by atoms with Gasteiger partial charge in [-0.2, -0.15) is 0 Å². The van der Waals surface area contributed by atoms with Crippen molar-refractivity contribution in [1.82, 2.24) is 0 Å². The average Bonchev–Trinajstić information content (AvgIpc) is 2.89. The number of aliphatic hydroxyl groups is 5. The number of aromatic hydroxyl groups is 1. The van der Waals surface area contributed by atoms with Gasteiger partial charge in [0.1, 0.15) is 31.0 Å². The number of esters is 1. The topological polar surface area (TPSA) is 175 Å². The fourth-order valence-electron chi connectivity index (χ4n) is 5.37. The zero-order valence-corrected chi connectivity index (χ0v) is 23.5. The summed E-state index contributed by atoms with van der Waals surface area (Å²) in [5.74, 6) is -0.819. The van der Waals surface area contributed by atoms with Crippen LogP contribution in [0.15, 0.2) is 36.4 Å². The summed E-state index contributed by atoms with van der Waals surface area (Å²) in [6.07, 6.45) is -1.78. The van der Waals surface area contributed by atoms with E-state index in [1.165, 1.54) is 25.3 Å². The van der Waals surface area contributed by atoms with Gasteiger partial charge in [-0.1, -0.05) is 39.0 Å². The molecule has 0 radical (unpaired) electrons. The van der Waals surface area contributed by atoms with Crippen molar-refractivity contribution >= 4 is 12.0 Å². The molecule has 224 valence electrons. The number of phenols is 1. The van der Waals surface area contributed by atoms with Crippen molar-refractivity contribution in [2.45, 2.75) is 89.1 Å². The van der Waals surface area contributed by atoms with Crippen LogP contribution in [0.4, 0.5) is 0 Å². The van der Waals surface area contributed by atoms with Crippen LogP contribution in [0.25, 0.3) is 6.08 Å². The van der Waals surface area contributed by atoms with Gasteiger partial charge in [0, 0.05) is 6.08 Å². The number of carbonyl (C=O) groups excluding carboxylic acids is 1. The lowest BCUT2D eigenvalue weighted by Crippen LogP contribution is -2.61. The second-order valence-corrected chi connectivity index (χ2v) is 11.3. The van der Waals surface area contributed by atoms with E-state index in [4.69, 9.17) is 18.9 Å². The molecule has 1 aliphatic heterocycles. The van der Waals surface area contributed by atoms with Crippen molar-refractivity contribution in [2.24, 2.45) is 11.3 Å². The molecule has 1 saturated heterocycles. The minimum absolute atomic E-state index is 0.0433. The first-order chi connectivity index (χ1) is 18.7. The van der Waals surface area contributed by atoms with E-state index in [1.54, 1.807) is 25.1 Å². The van der Waals surface area contributed by atoms with Crippen LogP contribution >= 0.6 is 0 Å². The van der Waals surface area contributed by atoms with E-state index in [0.29, 0.717) is 18.4 Å². The maximum absolute atomic E-state index is 12.3. The Labute approximate surface area is 234 Å². The predicted octanol–water partition coefficient (Wildman–Crippen LogP) is 1.27. The third-order valence-corrected chi connectivity index (χ3v) is 7.82. The normalized spacial score (nSPS) is 35.1. The number of methoxy groups -OCH3 is 1. The van der Waals surface area contributed by atoms with Gasteiger partial charge in [-0.15, -0.1) is 0 Å². The van der Waals surface area contributed by atoms with E-state index in [-0.39, 0.29) is 17.4 Å². The predicted molar refractivity (Wildman–Crippen MR) is 144 cm³/mol. The number of benzene rings is 1. The standard InChI is InChI=1S/C29H42O11/c1-16-12-19(14-28(3,4)29(16,36)11-10-17(2)30)39-27-26(35)25(34)24(33)22(40-27)15-38-23(32)9-7-18-6-8-20(31)21(13-18)37-5/h6-11,13,16-17,19,22,24-27,30-31,33-36H,12,14-15H2,1-5H3. The van der Waals surface area contributed by atoms with E-state index in [2.05, 4.69) is 0 Å². The Bertz CT molecular complexity index is 1070. The van der Waals surface area contributed by atoms with E-state index < -0.39 is 66.5 Å². The molecule has 6 N–H and O–H groups in total. The lowest BCUT2D eigenvalue weighted by atomic mass is 9.59. The molecule has 1 aromatic rings. The summed E-state index contributed by atoms with van der Waals surface area (Å²) in [5.41, 5.74) is -1.30. The lowest BCUT2D eigenvalue weighted by Gasteiger charge is -2.52. The first-order valence-corrected chi connectivity index (χ1v) is 13.3.